The van der Waals surface area contributed by atoms with Crippen molar-refractivity contribution in [3.8, 4) is 11.6 Å². The van der Waals surface area contributed by atoms with E-state index in [1.165, 1.54) is 22.4 Å². The molecule has 0 radical (unpaired) electrons. The maximum atomic E-state index is 13.2. The second kappa shape index (κ2) is 8.62. The molecule has 152 valence electrons. The Bertz CT molecular complexity index is 1240. The van der Waals surface area contributed by atoms with Gasteiger partial charge in [-0.05, 0) is 36.8 Å². The summed E-state index contributed by atoms with van der Waals surface area (Å²) in [7, 11) is 0. The third-order valence-electron chi connectivity index (χ3n) is 4.42. The molecule has 0 saturated heterocycles. The van der Waals surface area contributed by atoms with Crippen LogP contribution in [-0.4, -0.2) is 21.1 Å². The first kappa shape index (κ1) is 20.0. The molecule has 30 heavy (non-hydrogen) atoms. The van der Waals surface area contributed by atoms with Crippen LogP contribution >= 0.6 is 11.8 Å². The van der Waals surface area contributed by atoms with Gasteiger partial charge in [-0.2, -0.15) is 8.78 Å². The highest BCUT2D eigenvalue weighted by Crippen LogP contribution is 2.29. The maximum absolute atomic E-state index is 13.2. The van der Waals surface area contributed by atoms with Crippen LogP contribution in [0.2, 0.25) is 0 Å². The van der Waals surface area contributed by atoms with Crippen LogP contribution in [0.5, 0.6) is 5.75 Å². The van der Waals surface area contributed by atoms with Gasteiger partial charge in [-0.25, -0.2) is 14.5 Å². The van der Waals surface area contributed by atoms with Crippen LogP contribution in [0.1, 0.15) is 11.1 Å². The summed E-state index contributed by atoms with van der Waals surface area (Å²) < 4.78 is 31.5. The SMILES string of the molecule is Cc1ccc(-n2c(SCc3ccccc3OC(F)F)nc3ccccc3c2=O)nc1. The van der Waals surface area contributed by atoms with Crippen LogP contribution < -0.4 is 10.3 Å². The van der Waals surface area contributed by atoms with Gasteiger partial charge in [0.25, 0.3) is 5.56 Å². The lowest BCUT2D eigenvalue weighted by molar-refractivity contribution is -0.0503. The third kappa shape index (κ3) is 4.18. The summed E-state index contributed by atoms with van der Waals surface area (Å²) in [6.07, 6.45) is 1.68. The smallest absolute Gasteiger partial charge is 0.387 e. The van der Waals surface area contributed by atoms with E-state index in [2.05, 4.69) is 14.7 Å². The minimum Gasteiger partial charge on any atom is -0.435 e. The summed E-state index contributed by atoms with van der Waals surface area (Å²) >= 11 is 1.26. The number of thioether (sulfide) groups is 1. The third-order valence-corrected chi connectivity index (χ3v) is 5.40. The second-order valence-electron chi connectivity index (χ2n) is 6.52. The van der Waals surface area contributed by atoms with Gasteiger partial charge in [0, 0.05) is 17.5 Å². The molecule has 0 N–H and O–H groups in total. The number of rotatable bonds is 6. The van der Waals surface area contributed by atoms with E-state index >= 15 is 0 Å². The Morgan fingerprint density at radius 1 is 1.07 bits per heavy atom. The molecular formula is C22H17F2N3O2S. The molecule has 0 aliphatic rings. The van der Waals surface area contributed by atoms with Gasteiger partial charge in [0.15, 0.2) is 5.16 Å². The topological polar surface area (TPSA) is 57.0 Å². The standard InChI is InChI=1S/C22H17F2N3O2S/c1-14-10-11-19(25-12-14)27-20(28)16-7-3-4-8-17(16)26-22(27)30-13-15-6-2-5-9-18(15)29-21(23)24/h2-12,21H,13H2,1H3. The molecular weight excluding hydrogens is 408 g/mol. The Balaban J connectivity index is 1.78. The summed E-state index contributed by atoms with van der Waals surface area (Å²) in [6.45, 7) is -1.00. The zero-order valence-corrected chi connectivity index (χ0v) is 16.8. The average Bonchev–Trinajstić information content (AvgIpc) is 2.74. The lowest BCUT2D eigenvalue weighted by atomic mass is 10.2. The number of fused-ring (bicyclic) bond motifs is 1. The fourth-order valence-electron chi connectivity index (χ4n) is 2.98. The molecule has 0 amide bonds. The van der Waals surface area contributed by atoms with Gasteiger partial charge in [0.1, 0.15) is 11.6 Å². The monoisotopic (exact) mass is 425 g/mol. The molecule has 0 spiro atoms. The van der Waals surface area contributed by atoms with Crippen LogP contribution in [0.3, 0.4) is 0 Å². The number of hydrogen-bond acceptors (Lipinski definition) is 5. The fraction of sp³-hybridized carbons (Fsp3) is 0.136. The molecule has 4 rings (SSSR count). The number of para-hydroxylation sites is 2. The highest BCUT2D eigenvalue weighted by atomic mass is 32.2. The van der Waals surface area contributed by atoms with Crippen molar-refractivity contribution in [1.82, 2.24) is 14.5 Å². The molecule has 5 nitrogen and oxygen atoms in total. The van der Waals surface area contributed by atoms with Crippen LogP contribution in [0.25, 0.3) is 16.7 Å². The number of hydrogen-bond donors (Lipinski definition) is 0. The average molecular weight is 425 g/mol. The van der Waals surface area contributed by atoms with E-state index in [0.29, 0.717) is 33.2 Å². The van der Waals surface area contributed by atoms with Crippen LogP contribution in [-0.2, 0) is 5.75 Å². The van der Waals surface area contributed by atoms with Crippen molar-refractivity contribution in [3.05, 3.63) is 88.3 Å². The number of aromatic nitrogens is 3. The fourth-order valence-corrected chi connectivity index (χ4v) is 3.97. The number of ether oxygens (including phenoxy) is 1. The Hall–Kier alpha value is -3.26. The first-order valence-corrected chi connectivity index (χ1v) is 10.1. The number of aryl methyl sites for hydroxylation is 1. The lowest BCUT2D eigenvalue weighted by Gasteiger charge is -2.14. The molecule has 4 aromatic rings. The van der Waals surface area contributed by atoms with Crippen LogP contribution in [0, 0.1) is 6.92 Å². The Labute approximate surface area is 175 Å². The van der Waals surface area contributed by atoms with E-state index in [1.807, 2.05) is 19.1 Å². The van der Waals surface area contributed by atoms with E-state index in [1.54, 1.807) is 48.7 Å². The van der Waals surface area contributed by atoms with E-state index < -0.39 is 6.61 Å². The van der Waals surface area contributed by atoms with E-state index in [4.69, 9.17) is 0 Å². The van der Waals surface area contributed by atoms with Crippen molar-refractivity contribution in [2.45, 2.75) is 24.4 Å². The van der Waals surface area contributed by atoms with Gasteiger partial charge < -0.3 is 4.74 Å². The molecule has 0 fully saturated rings. The number of nitrogens with zero attached hydrogens (tertiary/aromatic N) is 3. The minimum atomic E-state index is -2.91. The molecule has 8 heteroatoms. The normalized spacial score (nSPS) is 11.2. The molecule has 0 aliphatic carbocycles. The number of benzene rings is 2. The van der Waals surface area contributed by atoms with Gasteiger partial charge in [-0.1, -0.05) is 48.2 Å². The van der Waals surface area contributed by atoms with E-state index in [0.717, 1.165) is 5.56 Å². The predicted molar refractivity (Wildman–Crippen MR) is 113 cm³/mol. The second-order valence-corrected chi connectivity index (χ2v) is 7.46. The molecule has 0 saturated carbocycles. The van der Waals surface area contributed by atoms with Crippen molar-refractivity contribution in [2.75, 3.05) is 0 Å². The lowest BCUT2D eigenvalue weighted by Crippen LogP contribution is -2.22. The number of pyridine rings is 1. The predicted octanol–water partition coefficient (Wildman–Crippen LogP) is 4.98. The molecule has 0 bridgehead atoms. The summed E-state index contributed by atoms with van der Waals surface area (Å²) in [5, 5.41) is 0.896. The summed E-state index contributed by atoms with van der Waals surface area (Å²) in [4.78, 5) is 22.2. The number of alkyl halides is 2. The minimum absolute atomic E-state index is 0.100. The van der Waals surface area contributed by atoms with Gasteiger partial charge in [0.2, 0.25) is 0 Å². The quantitative estimate of drug-likeness (QED) is 0.322. The van der Waals surface area contributed by atoms with Crippen molar-refractivity contribution in [2.24, 2.45) is 0 Å². The molecule has 2 heterocycles. The molecule has 0 aliphatic heterocycles. The zero-order valence-electron chi connectivity index (χ0n) is 16.0. The van der Waals surface area contributed by atoms with Crippen molar-refractivity contribution < 1.29 is 13.5 Å². The summed E-state index contributed by atoms with van der Waals surface area (Å²) in [5.41, 5.74) is 1.86. The van der Waals surface area contributed by atoms with Gasteiger partial charge in [-0.3, -0.25) is 4.79 Å². The van der Waals surface area contributed by atoms with Crippen LogP contribution in [0.4, 0.5) is 8.78 Å². The molecule has 0 atom stereocenters. The van der Waals surface area contributed by atoms with Crippen molar-refractivity contribution >= 4 is 22.7 Å². The summed E-state index contributed by atoms with van der Waals surface area (Å²) in [5.74, 6) is 0.839. The van der Waals surface area contributed by atoms with Gasteiger partial charge in [-0.15, -0.1) is 0 Å². The molecule has 0 unspecified atom stereocenters. The van der Waals surface area contributed by atoms with E-state index in [9.17, 15) is 13.6 Å². The highest BCUT2D eigenvalue weighted by Gasteiger charge is 2.16. The van der Waals surface area contributed by atoms with Gasteiger partial charge >= 0.3 is 6.61 Å². The summed E-state index contributed by atoms with van der Waals surface area (Å²) in [6, 6.07) is 17.3. The maximum Gasteiger partial charge on any atom is 0.387 e. The molecule has 2 aromatic heterocycles. The molecule has 2 aromatic carbocycles. The van der Waals surface area contributed by atoms with Crippen molar-refractivity contribution in [1.29, 1.82) is 0 Å². The zero-order chi connectivity index (χ0) is 21.1. The van der Waals surface area contributed by atoms with Crippen LogP contribution in [0.15, 0.2) is 76.8 Å². The Morgan fingerprint density at radius 3 is 2.60 bits per heavy atom. The highest BCUT2D eigenvalue weighted by molar-refractivity contribution is 7.98. The van der Waals surface area contributed by atoms with E-state index in [-0.39, 0.29) is 11.3 Å². The van der Waals surface area contributed by atoms with Crippen molar-refractivity contribution in [3.63, 3.8) is 0 Å². The Morgan fingerprint density at radius 2 is 1.83 bits per heavy atom. The largest absolute Gasteiger partial charge is 0.435 e. The first-order chi connectivity index (χ1) is 14.5. The Kier molecular flexibility index (Phi) is 5.76. The number of halogens is 2. The first-order valence-electron chi connectivity index (χ1n) is 9.13. The van der Waals surface area contributed by atoms with Gasteiger partial charge in [0.05, 0.1) is 10.9 Å².